The third-order valence-electron chi connectivity index (χ3n) is 4.05. The van der Waals surface area contributed by atoms with Crippen LogP contribution in [0.2, 0.25) is 0 Å². The van der Waals surface area contributed by atoms with Crippen LogP contribution in [-0.4, -0.2) is 28.2 Å². The Labute approximate surface area is 109 Å². The van der Waals surface area contributed by atoms with E-state index >= 15 is 0 Å². The first kappa shape index (κ1) is 13.3. The van der Waals surface area contributed by atoms with Crippen LogP contribution in [0.4, 0.5) is 5.82 Å². The average molecular weight is 249 g/mol. The Morgan fingerprint density at radius 1 is 1.33 bits per heavy atom. The van der Waals surface area contributed by atoms with Crippen LogP contribution in [0.3, 0.4) is 0 Å². The molecule has 18 heavy (non-hydrogen) atoms. The first-order valence-corrected chi connectivity index (χ1v) is 6.66. The minimum atomic E-state index is -0.0492. The second-order valence-corrected chi connectivity index (χ2v) is 6.03. The van der Waals surface area contributed by atoms with Gasteiger partial charge >= 0.3 is 0 Å². The van der Waals surface area contributed by atoms with Crippen molar-refractivity contribution in [3.05, 3.63) is 18.1 Å². The normalized spacial score (nSPS) is 19.8. The summed E-state index contributed by atoms with van der Waals surface area (Å²) >= 11 is 0. The van der Waals surface area contributed by atoms with Gasteiger partial charge in [-0.2, -0.15) is 0 Å². The second kappa shape index (κ2) is 5.22. The largest absolute Gasteiger partial charge is 0.390 e. The molecule has 2 rings (SSSR count). The number of aliphatic hydroxyl groups excluding tert-OH is 1. The van der Waals surface area contributed by atoms with Gasteiger partial charge in [-0.3, -0.25) is 4.98 Å². The van der Waals surface area contributed by atoms with Gasteiger partial charge < -0.3 is 10.0 Å². The van der Waals surface area contributed by atoms with Gasteiger partial charge in [-0.1, -0.05) is 13.8 Å². The van der Waals surface area contributed by atoms with Crippen LogP contribution < -0.4 is 4.90 Å². The summed E-state index contributed by atoms with van der Waals surface area (Å²) in [6.45, 7) is 4.64. The molecule has 0 saturated heterocycles. The maximum Gasteiger partial charge on any atom is 0.147 e. The highest BCUT2D eigenvalue weighted by molar-refractivity contribution is 5.36. The Kier molecular flexibility index (Phi) is 3.85. The molecule has 1 fully saturated rings. The standard InChI is InChI=1S/C14H23N3O/c1-14(2)6-4-12(5-7-14)17(3)13-9-15-8-11(10-18)16-13/h8-9,12,18H,4-7,10H2,1-3H3. The van der Waals surface area contributed by atoms with Crippen LogP contribution >= 0.6 is 0 Å². The lowest BCUT2D eigenvalue weighted by molar-refractivity contribution is 0.222. The first-order valence-electron chi connectivity index (χ1n) is 6.66. The van der Waals surface area contributed by atoms with Crippen molar-refractivity contribution in [3.8, 4) is 0 Å². The van der Waals surface area contributed by atoms with Crippen LogP contribution in [0, 0.1) is 5.41 Å². The highest BCUT2D eigenvalue weighted by Gasteiger charge is 2.29. The molecule has 4 nitrogen and oxygen atoms in total. The Bertz CT molecular complexity index is 396. The zero-order valence-corrected chi connectivity index (χ0v) is 11.6. The molecule has 0 amide bonds. The molecule has 4 heteroatoms. The fourth-order valence-electron chi connectivity index (χ4n) is 2.60. The monoisotopic (exact) mass is 249 g/mol. The van der Waals surface area contributed by atoms with Crippen molar-refractivity contribution in [1.29, 1.82) is 0 Å². The lowest BCUT2D eigenvalue weighted by Gasteiger charge is -2.39. The van der Waals surface area contributed by atoms with E-state index in [2.05, 4.69) is 35.8 Å². The summed E-state index contributed by atoms with van der Waals surface area (Å²) < 4.78 is 0. The van der Waals surface area contributed by atoms with Crippen LogP contribution in [0.25, 0.3) is 0 Å². The number of hydrogen-bond acceptors (Lipinski definition) is 4. The molecule has 0 aromatic carbocycles. The molecule has 0 aliphatic heterocycles. The topological polar surface area (TPSA) is 49.2 Å². The summed E-state index contributed by atoms with van der Waals surface area (Å²) in [5, 5.41) is 9.10. The third-order valence-corrected chi connectivity index (χ3v) is 4.05. The summed E-state index contributed by atoms with van der Waals surface area (Å²) in [5.41, 5.74) is 1.12. The number of anilines is 1. The fraction of sp³-hybridized carbons (Fsp3) is 0.714. The van der Waals surface area contributed by atoms with E-state index in [1.807, 2.05) is 0 Å². The van der Waals surface area contributed by atoms with Crippen molar-refractivity contribution in [2.24, 2.45) is 5.41 Å². The van der Waals surface area contributed by atoms with E-state index in [4.69, 9.17) is 5.11 Å². The summed E-state index contributed by atoms with van der Waals surface area (Å²) in [5.74, 6) is 0.867. The maximum absolute atomic E-state index is 9.10. The minimum Gasteiger partial charge on any atom is -0.390 e. The van der Waals surface area contributed by atoms with Crippen LogP contribution in [-0.2, 0) is 6.61 Å². The van der Waals surface area contributed by atoms with Crippen molar-refractivity contribution in [1.82, 2.24) is 9.97 Å². The summed E-state index contributed by atoms with van der Waals surface area (Å²) in [6, 6.07) is 0.543. The molecule has 0 unspecified atom stereocenters. The first-order chi connectivity index (χ1) is 8.52. The zero-order chi connectivity index (χ0) is 13.2. The van der Waals surface area contributed by atoms with E-state index < -0.39 is 0 Å². The smallest absolute Gasteiger partial charge is 0.147 e. The van der Waals surface area contributed by atoms with Crippen molar-refractivity contribution >= 4 is 5.82 Å². The van der Waals surface area contributed by atoms with Crippen molar-refractivity contribution in [2.75, 3.05) is 11.9 Å². The summed E-state index contributed by atoms with van der Waals surface area (Å²) in [7, 11) is 2.08. The molecule has 1 aromatic heterocycles. The highest BCUT2D eigenvalue weighted by Crippen LogP contribution is 2.37. The van der Waals surface area contributed by atoms with Gasteiger partial charge in [0.15, 0.2) is 0 Å². The van der Waals surface area contributed by atoms with Crippen molar-refractivity contribution < 1.29 is 5.11 Å². The maximum atomic E-state index is 9.10. The Balaban J connectivity index is 2.05. The third kappa shape index (κ3) is 2.99. The van der Waals surface area contributed by atoms with Crippen molar-refractivity contribution in [3.63, 3.8) is 0 Å². The van der Waals surface area contributed by atoms with Gasteiger partial charge in [0, 0.05) is 13.1 Å². The molecule has 0 spiro atoms. The summed E-state index contributed by atoms with van der Waals surface area (Å²) in [6.07, 6.45) is 8.31. The van der Waals surface area contributed by atoms with Crippen molar-refractivity contribution in [2.45, 2.75) is 52.2 Å². The van der Waals surface area contributed by atoms with Gasteiger partial charge in [0.05, 0.1) is 24.7 Å². The van der Waals surface area contributed by atoms with E-state index in [0.29, 0.717) is 17.2 Å². The molecule has 0 bridgehead atoms. The molecular weight excluding hydrogens is 226 g/mol. The van der Waals surface area contributed by atoms with E-state index in [0.717, 1.165) is 5.82 Å². The summed E-state index contributed by atoms with van der Waals surface area (Å²) in [4.78, 5) is 10.8. The van der Waals surface area contributed by atoms with Gasteiger partial charge in [0.25, 0.3) is 0 Å². The van der Waals surface area contributed by atoms with E-state index in [1.165, 1.54) is 25.7 Å². The van der Waals surface area contributed by atoms with Gasteiger partial charge in [0.1, 0.15) is 5.82 Å². The molecule has 0 radical (unpaired) electrons. The second-order valence-electron chi connectivity index (χ2n) is 6.03. The predicted octanol–water partition coefficient (Wildman–Crippen LogP) is 2.37. The minimum absolute atomic E-state index is 0.0492. The molecule has 0 atom stereocenters. The molecule has 1 aliphatic carbocycles. The van der Waals surface area contributed by atoms with Crippen LogP contribution in [0.5, 0.6) is 0 Å². The average Bonchev–Trinajstić information content (AvgIpc) is 2.38. The van der Waals surface area contributed by atoms with Gasteiger partial charge in [-0.25, -0.2) is 4.98 Å². The van der Waals surface area contributed by atoms with E-state index in [-0.39, 0.29) is 6.61 Å². The van der Waals surface area contributed by atoms with Crippen LogP contribution in [0.15, 0.2) is 12.4 Å². The lowest BCUT2D eigenvalue weighted by Crippen LogP contribution is -2.37. The Hall–Kier alpha value is -1.16. The molecule has 1 aromatic rings. The molecule has 100 valence electrons. The van der Waals surface area contributed by atoms with Gasteiger partial charge in [0.2, 0.25) is 0 Å². The van der Waals surface area contributed by atoms with Gasteiger partial charge in [-0.05, 0) is 31.1 Å². The van der Waals surface area contributed by atoms with E-state index in [1.54, 1.807) is 12.4 Å². The number of aromatic nitrogens is 2. The molecule has 1 heterocycles. The molecule has 1 N–H and O–H groups in total. The van der Waals surface area contributed by atoms with Gasteiger partial charge in [-0.15, -0.1) is 0 Å². The molecule has 1 aliphatic rings. The quantitative estimate of drug-likeness (QED) is 0.893. The molecule has 1 saturated carbocycles. The lowest BCUT2D eigenvalue weighted by atomic mass is 9.75. The molecular formula is C14H23N3O. The highest BCUT2D eigenvalue weighted by atomic mass is 16.3. The number of rotatable bonds is 3. The zero-order valence-electron chi connectivity index (χ0n) is 11.6. The number of aliphatic hydroxyl groups is 1. The Morgan fingerprint density at radius 2 is 2.00 bits per heavy atom. The predicted molar refractivity (Wildman–Crippen MR) is 72.4 cm³/mol. The fourth-order valence-corrected chi connectivity index (χ4v) is 2.60. The van der Waals surface area contributed by atoms with E-state index in [9.17, 15) is 0 Å². The number of hydrogen-bond donors (Lipinski definition) is 1. The SMILES string of the molecule is CN(c1cncc(CO)n1)C1CCC(C)(C)CC1. The van der Waals surface area contributed by atoms with Crippen LogP contribution in [0.1, 0.15) is 45.2 Å². The Morgan fingerprint density at radius 3 is 2.61 bits per heavy atom. The number of nitrogens with zero attached hydrogens (tertiary/aromatic N) is 3.